The van der Waals surface area contributed by atoms with Crippen molar-refractivity contribution in [3.63, 3.8) is 0 Å². The monoisotopic (exact) mass is 276 g/mol. The van der Waals surface area contributed by atoms with Crippen LogP contribution in [-0.2, 0) is 0 Å². The van der Waals surface area contributed by atoms with Crippen LogP contribution in [0, 0.1) is 0 Å². The van der Waals surface area contributed by atoms with Gasteiger partial charge in [-0.25, -0.2) is 0 Å². The van der Waals surface area contributed by atoms with Crippen LogP contribution in [0.1, 0.15) is 42.5 Å². The maximum Gasteiger partial charge on any atom is 0.0557 e. The van der Waals surface area contributed by atoms with Crippen LogP contribution in [0.2, 0.25) is 0 Å². The summed E-state index contributed by atoms with van der Waals surface area (Å²) >= 11 is 0. The first-order valence-corrected chi connectivity index (χ1v) is 7.35. The van der Waals surface area contributed by atoms with Crippen LogP contribution < -0.4 is 5.73 Å². The summed E-state index contributed by atoms with van der Waals surface area (Å²) in [5.41, 5.74) is 10.1. The molecule has 0 radical (unpaired) electrons. The van der Waals surface area contributed by atoms with Gasteiger partial charge in [0, 0.05) is 17.8 Å². The quantitative estimate of drug-likeness (QED) is 0.769. The zero-order chi connectivity index (χ0) is 14.8. The van der Waals surface area contributed by atoms with Gasteiger partial charge in [-0.05, 0) is 34.1 Å². The normalized spacial score (nSPS) is 12.8. The van der Waals surface area contributed by atoms with E-state index >= 15 is 0 Å². The number of hydrogen-bond acceptors (Lipinski definition) is 2. The highest BCUT2D eigenvalue weighted by atomic mass is 14.6. The van der Waals surface area contributed by atoms with Crippen molar-refractivity contribution in [2.45, 2.75) is 25.8 Å². The Balaban J connectivity index is 2.02. The molecule has 0 bridgehead atoms. The number of hydrogen-bond donors (Lipinski definition) is 1. The molecule has 3 rings (SSSR count). The van der Waals surface area contributed by atoms with Gasteiger partial charge in [-0.1, -0.05) is 56.3 Å². The van der Waals surface area contributed by atoms with E-state index < -0.39 is 0 Å². The maximum atomic E-state index is 6.49. The molecule has 0 spiro atoms. The van der Waals surface area contributed by atoms with Gasteiger partial charge in [-0.2, -0.15) is 0 Å². The fraction of sp³-hybridized carbons (Fsp3) is 0.211. The van der Waals surface area contributed by atoms with Gasteiger partial charge in [0.05, 0.1) is 6.04 Å². The number of rotatable bonds is 3. The van der Waals surface area contributed by atoms with Crippen LogP contribution in [0.5, 0.6) is 0 Å². The topological polar surface area (TPSA) is 38.9 Å². The molecule has 3 aromatic rings. The van der Waals surface area contributed by atoms with Crippen LogP contribution in [0.25, 0.3) is 10.8 Å². The molecular weight excluding hydrogens is 256 g/mol. The number of aromatic nitrogens is 1. The Morgan fingerprint density at radius 2 is 1.62 bits per heavy atom. The summed E-state index contributed by atoms with van der Waals surface area (Å²) in [5.74, 6) is 0.541. The summed E-state index contributed by atoms with van der Waals surface area (Å²) in [6.07, 6.45) is 3.70. The predicted molar refractivity (Wildman–Crippen MR) is 88.3 cm³/mol. The minimum absolute atomic E-state index is 0.114. The van der Waals surface area contributed by atoms with Crippen LogP contribution in [0.15, 0.2) is 60.9 Å². The van der Waals surface area contributed by atoms with E-state index in [0.717, 1.165) is 16.5 Å². The van der Waals surface area contributed by atoms with Gasteiger partial charge in [0.15, 0.2) is 0 Å². The Hall–Kier alpha value is -2.19. The molecule has 1 atom stereocenters. The third-order valence-corrected chi connectivity index (χ3v) is 4.01. The van der Waals surface area contributed by atoms with Gasteiger partial charge in [0.2, 0.25) is 0 Å². The van der Waals surface area contributed by atoms with Crippen molar-refractivity contribution in [3.8, 4) is 0 Å². The maximum absolute atomic E-state index is 6.49. The molecule has 2 heteroatoms. The molecular formula is C19H20N2. The van der Waals surface area contributed by atoms with Gasteiger partial charge in [-0.3, -0.25) is 4.98 Å². The SMILES string of the molecule is CC(C)c1ccc(C(N)c2cccc3cnccc23)cc1. The first kappa shape index (κ1) is 13.8. The largest absolute Gasteiger partial charge is 0.320 e. The summed E-state index contributed by atoms with van der Waals surface area (Å²) < 4.78 is 0. The highest BCUT2D eigenvalue weighted by Gasteiger charge is 2.12. The molecule has 0 amide bonds. The second kappa shape index (κ2) is 5.66. The fourth-order valence-corrected chi connectivity index (χ4v) is 2.69. The Kier molecular flexibility index (Phi) is 3.72. The van der Waals surface area contributed by atoms with E-state index in [9.17, 15) is 0 Å². The highest BCUT2D eigenvalue weighted by Crippen LogP contribution is 2.27. The zero-order valence-electron chi connectivity index (χ0n) is 12.5. The van der Waals surface area contributed by atoms with Crippen molar-refractivity contribution in [2.24, 2.45) is 5.73 Å². The molecule has 2 N–H and O–H groups in total. The standard InChI is InChI=1S/C19H20N2/c1-13(2)14-6-8-15(9-7-14)19(20)18-5-3-4-16-12-21-11-10-17(16)18/h3-13,19H,20H2,1-2H3. The molecule has 0 fully saturated rings. The average molecular weight is 276 g/mol. The lowest BCUT2D eigenvalue weighted by molar-refractivity contribution is 0.851. The molecule has 1 unspecified atom stereocenters. The summed E-state index contributed by atoms with van der Waals surface area (Å²) in [4.78, 5) is 4.18. The van der Waals surface area contributed by atoms with Gasteiger partial charge < -0.3 is 5.73 Å². The Morgan fingerprint density at radius 1 is 0.905 bits per heavy atom. The van der Waals surface area contributed by atoms with E-state index in [-0.39, 0.29) is 6.04 Å². The van der Waals surface area contributed by atoms with E-state index in [1.54, 1.807) is 0 Å². The Bertz CT molecular complexity index is 740. The summed E-state index contributed by atoms with van der Waals surface area (Å²) in [6, 6.07) is 16.8. The summed E-state index contributed by atoms with van der Waals surface area (Å²) in [5, 5.41) is 2.30. The molecule has 0 aliphatic carbocycles. The van der Waals surface area contributed by atoms with Crippen molar-refractivity contribution in [1.82, 2.24) is 4.98 Å². The zero-order valence-corrected chi connectivity index (χ0v) is 12.5. The average Bonchev–Trinajstić information content (AvgIpc) is 2.53. The molecule has 21 heavy (non-hydrogen) atoms. The van der Waals surface area contributed by atoms with Crippen LogP contribution in [0.4, 0.5) is 0 Å². The Labute approximate surface area is 125 Å². The number of benzene rings is 2. The molecule has 0 aliphatic rings. The van der Waals surface area contributed by atoms with E-state index in [4.69, 9.17) is 5.73 Å². The van der Waals surface area contributed by atoms with E-state index in [1.165, 1.54) is 10.9 Å². The van der Waals surface area contributed by atoms with Crippen LogP contribution in [0.3, 0.4) is 0 Å². The highest BCUT2D eigenvalue weighted by molar-refractivity contribution is 5.85. The van der Waals surface area contributed by atoms with Gasteiger partial charge in [0.25, 0.3) is 0 Å². The molecule has 106 valence electrons. The minimum atomic E-state index is -0.114. The van der Waals surface area contributed by atoms with Crippen LogP contribution >= 0.6 is 0 Å². The number of nitrogens with zero attached hydrogens (tertiary/aromatic N) is 1. The second-order valence-electron chi connectivity index (χ2n) is 5.74. The fourth-order valence-electron chi connectivity index (χ4n) is 2.69. The molecule has 2 nitrogen and oxygen atoms in total. The molecule has 1 aromatic heterocycles. The van der Waals surface area contributed by atoms with Gasteiger partial charge >= 0.3 is 0 Å². The Morgan fingerprint density at radius 3 is 2.33 bits per heavy atom. The van der Waals surface area contributed by atoms with Crippen molar-refractivity contribution >= 4 is 10.8 Å². The molecule has 0 saturated heterocycles. The number of nitrogens with two attached hydrogens (primary N) is 1. The van der Waals surface area contributed by atoms with Crippen molar-refractivity contribution in [3.05, 3.63) is 77.6 Å². The van der Waals surface area contributed by atoms with Crippen molar-refractivity contribution < 1.29 is 0 Å². The smallest absolute Gasteiger partial charge is 0.0557 e. The lowest BCUT2D eigenvalue weighted by atomic mass is 9.93. The van der Waals surface area contributed by atoms with E-state index in [2.05, 4.69) is 55.2 Å². The number of fused-ring (bicyclic) bond motifs is 1. The van der Waals surface area contributed by atoms with Crippen molar-refractivity contribution in [1.29, 1.82) is 0 Å². The molecule has 2 aromatic carbocycles. The predicted octanol–water partition coefficient (Wildman–Crippen LogP) is 4.41. The first-order valence-electron chi connectivity index (χ1n) is 7.35. The molecule has 0 saturated carbocycles. The lowest BCUT2D eigenvalue weighted by Gasteiger charge is -2.16. The summed E-state index contributed by atoms with van der Waals surface area (Å²) in [7, 11) is 0. The third kappa shape index (κ3) is 2.67. The van der Waals surface area contributed by atoms with Crippen LogP contribution in [-0.4, -0.2) is 4.98 Å². The number of pyridine rings is 1. The molecule has 0 aliphatic heterocycles. The first-order chi connectivity index (χ1) is 10.2. The second-order valence-corrected chi connectivity index (χ2v) is 5.74. The lowest BCUT2D eigenvalue weighted by Crippen LogP contribution is -2.12. The molecule has 1 heterocycles. The summed E-state index contributed by atoms with van der Waals surface area (Å²) in [6.45, 7) is 4.40. The van der Waals surface area contributed by atoms with Crippen molar-refractivity contribution in [2.75, 3.05) is 0 Å². The van der Waals surface area contributed by atoms with Gasteiger partial charge in [0.1, 0.15) is 0 Å². The third-order valence-electron chi connectivity index (χ3n) is 4.01. The van der Waals surface area contributed by atoms with E-state index in [1.807, 2.05) is 24.5 Å². The van der Waals surface area contributed by atoms with Gasteiger partial charge in [-0.15, -0.1) is 0 Å². The van der Waals surface area contributed by atoms with E-state index in [0.29, 0.717) is 5.92 Å². The minimum Gasteiger partial charge on any atom is -0.320 e.